The molecule has 0 saturated carbocycles. The molecule has 3 heteroatoms. The third-order valence-electron chi connectivity index (χ3n) is 1.70. The zero-order valence-electron chi connectivity index (χ0n) is 7.46. The Hall–Kier alpha value is -0.700. The summed E-state index contributed by atoms with van der Waals surface area (Å²) in [6.45, 7) is 3.96. The van der Waals surface area contributed by atoms with E-state index in [9.17, 15) is 4.79 Å². The van der Waals surface area contributed by atoms with Crippen LogP contribution in [0, 0.1) is 0 Å². The summed E-state index contributed by atoms with van der Waals surface area (Å²) in [7, 11) is 0. The fourth-order valence-electron chi connectivity index (χ4n) is 0.886. The van der Waals surface area contributed by atoms with E-state index in [4.69, 9.17) is 0 Å². The third-order valence-corrected chi connectivity index (χ3v) is 2.60. The van der Waals surface area contributed by atoms with Crippen molar-refractivity contribution in [3.05, 3.63) is 16.1 Å². The maximum atomic E-state index is 11.0. The fourth-order valence-corrected chi connectivity index (χ4v) is 1.79. The highest BCUT2D eigenvalue weighted by atomic mass is 32.1. The van der Waals surface area contributed by atoms with Crippen LogP contribution in [0.3, 0.4) is 0 Å². The van der Waals surface area contributed by atoms with Crippen LogP contribution in [0.1, 0.15) is 31.0 Å². The number of aryl methyl sites for hydroxylation is 1. The van der Waals surface area contributed by atoms with Gasteiger partial charge >= 0.3 is 0 Å². The first-order valence-corrected chi connectivity index (χ1v) is 5.09. The standard InChI is InChI=1S/C9H13NOS/c1-3-7-6-12-9(10-7)5-8(11)4-2/h6H,3-5H2,1-2H3. The molecule has 0 fully saturated rings. The number of ketones is 1. The van der Waals surface area contributed by atoms with Gasteiger partial charge in [0.15, 0.2) is 0 Å². The summed E-state index contributed by atoms with van der Waals surface area (Å²) >= 11 is 1.59. The van der Waals surface area contributed by atoms with Crippen LogP contribution in [0.5, 0.6) is 0 Å². The summed E-state index contributed by atoms with van der Waals surface area (Å²) in [4.78, 5) is 15.4. The van der Waals surface area contributed by atoms with Crippen LogP contribution in [0.2, 0.25) is 0 Å². The maximum Gasteiger partial charge on any atom is 0.139 e. The number of rotatable bonds is 4. The first-order valence-electron chi connectivity index (χ1n) is 4.21. The minimum atomic E-state index is 0.270. The number of Topliss-reactive ketones (excluding diaryl/α,β-unsaturated/α-hetero) is 1. The van der Waals surface area contributed by atoms with E-state index in [2.05, 4.69) is 11.9 Å². The van der Waals surface area contributed by atoms with Crippen molar-refractivity contribution in [1.29, 1.82) is 0 Å². The summed E-state index contributed by atoms with van der Waals surface area (Å²) in [5.41, 5.74) is 1.10. The summed E-state index contributed by atoms with van der Waals surface area (Å²) in [6, 6.07) is 0. The minimum absolute atomic E-state index is 0.270. The largest absolute Gasteiger partial charge is 0.299 e. The number of carbonyl (C=O) groups is 1. The van der Waals surface area contributed by atoms with Crippen molar-refractivity contribution in [2.45, 2.75) is 33.1 Å². The van der Waals surface area contributed by atoms with Gasteiger partial charge in [-0.1, -0.05) is 13.8 Å². The van der Waals surface area contributed by atoms with Gasteiger partial charge < -0.3 is 0 Å². The van der Waals surface area contributed by atoms with Gasteiger partial charge in [-0.15, -0.1) is 11.3 Å². The zero-order chi connectivity index (χ0) is 8.97. The molecule has 66 valence electrons. The van der Waals surface area contributed by atoms with Crippen LogP contribution in [0.25, 0.3) is 0 Å². The van der Waals surface area contributed by atoms with E-state index in [1.165, 1.54) is 0 Å². The molecule has 1 heterocycles. The van der Waals surface area contributed by atoms with Crippen LogP contribution in [-0.2, 0) is 17.6 Å². The van der Waals surface area contributed by atoms with Crippen LogP contribution < -0.4 is 0 Å². The highest BCUT2D eigenvalue weighted by Gasteiger charge is 2.04. The Morgan fingerprint density at radius 1 is 1.58 bits per heavy atom. The van der Waals surface area contributed by atoms with E-state index in [0.29, 0.717) is 12.8 Å². The van der Waals surface area contributed by atoms with Gasteiger partial charge in [0, 0.05) is 11.8 Å². The summed E-state index contributed by atoms with van der Waals surface area (Å²) in [5, 5.41) is 2.98. The molecule has 2 nitrogen and oxygen atoms in total. The van der Waals surface area contributed by atoms with E-state index < -0.39 is 0 Å². The predicted octanol–water partition coefficient (Wildman–Crippen LogP) is 2.23. The Labute approximate surface area is 76.6 Å². The van der Waals surface area contributed by atoms with E-state index >= 15 is 0 Å². The van der Waals surface area contributed by atoms with Gasteiger partial charge in [0.25, 0.3) is 0 Å². The Balaban J connectivity index is 2.58. The molecule has 0 spiro atoms. The quantitative estimate of drug-likeness (QED) is 0.716. The average molecular weight is 183 g/mol. The Kier molecular flexibility index (Phi) is 3.41. The van der Waals surface area contributed by atoms with Crippen LogP contribution in [0.4, 0.5) is 0 Å². The molecule has 1 aromatic heterocycles. The zero-order valence-corrected chi connectivity index (χ0v) is 8.28. The predicted molar refractivity (Wildman–Crippen MR) is 50.5 cm³/mol. The normalized spacial score (nSPS) is 10.2. The Morgan fingerprint density at radius 2 is 2.33 bits per heavy atom. The van der Waals surface area contributed by atoms with Crippen molar-refractivity contribution in [2.24, 2.45) is 0 Å². The minimum Gasteiger partial charge on any atom is -0.299 e. The molecule has 0 unspecified atom stereocenters. The van der Waals surface area contributed by atoms with Gasteiger partial charge in [0.05, 0.1) is 12.1 Å². The molecule has 12 heavy (non-hydrogen) atoms. The second-order valence-electron chi connectivity index (χ2n) is 2.66. The summed E-state index contributed by atoms with van der Waals surface area (Å²) in [5.74, 6) is 0.270. The molecule has 0 aliphatic carbocycles. The van der Waals surface area contributed by atoms with Gasteiger partial charge in [0.1, 0.15) is 10.8 Å². The van der Waals surface area contributed by atoms with Gasteiger partial charge in [0.2, 0.25) is 0 Å². The average Bonchev–Trinajstić information content (AvgIpc) is 2.52. The van der Waals surface area contributed by atoms with Crippen LogP contribution in [0.15, 0.2) is 5.38 Å². The fraction of sp³-hybridized carbons (Fsp3) is 0.556. The number of aromatic nitrogens is 1. The first kappa shape index (κ1) is 9.39. The lowest BCUT2D eigenvalue weighted by Crippen LogP contribution is -1.99. The molecular formula is C9H13NOS. The number of nitrogens with zero attached hydrogens (tertiary/aromatic N) is 1. The first-order chi connectivity index (χ1) is 5.76. The lowest BCUT2D eigenvalue weighted by atomic mass is 10.2. The molecule has 0 bridgehead atoms. The molecule has 0 N–H and O–H groups in total. The maximum absolute atomic E-state index is 11.0. The summed E-state index contributed by atoms with van der Waals surface area (Å²) in [6.07, 6.45) is 2.08. The number of hydrogen-bond acceptors (Lipinski definition) is 3. The van der Waals surface area contributed by atoms with Crippen molar-refractivity contribution < 1.29 is 4.79 Å². The molecular weight excluding hydrogens is 170 g/mol. The number of thiazole rings is 1. The molecule has 1 rings (SSSR count). The molecule has 0 amide bonds. The van der Waals surface area contributed by atoms with E-state index in [-0.39, 0.29) is 5.78 Å². The second kappa shape index (κ2) is 4.36. The van der Waals surface area contributed by atoms with Gasteiger partial charge in [-0.25, -0.2) is 4.98 Å². The van der Waals surface area contributed by atoms with E-state index in [1.54, 1.807) is 11.3 Å². The Bertz CT molecular complexity index is 267. The second-order valence-corrected chi connectivity index (χ2v) is 3.60. The highest BCUT2D eigenvalue weighted by Crippen LogP contribution is 2.11. The third kappa shape index (κ3) is 2.41. The molecule has 0 aliphatic rings. The summed E-state index contributed by atoms with van der Waals surface area (Å²) < 4.78 is 0. The smallest absolute Gasteiger partial charge is 0.139 e. The molecule has 0 saturated heterocycles. The monoisotopic (exact) mass is 183 g/mol. The van der Waals surface area contributed by atoms with Gasteiger partial charge in [-0.05, 0) is 6.42 Å². The van der Waals surface area contributed by atoms with Crippen molar-refractivity contribution in [3.8, 4) is 0 Å². The van der Waals surface area contributed by atoms with E-state index in [0.717, 1.165) is 17.1 Å². The van der Waals surface area contributed by atoms with Crippen LogP contribution >= 0.6 is 11.3 Å². The number of hydrogen-bond donors (Lipinski definition) is 0. The highest BCUT2D eigenvalue weighted by molar-refractivity contribution is 7.09. The molecule has 0 aliphatic heterocycles. The molecule has 1 aromatic rings. The van der Waals surface area contributed by atoms with Crippen LogP contribution in [-0.4, -0.2) is 10.8 Å². The SMILES string of the molecule is CCC(=O)Cc1nc(CC)cs1. The topological polar surface area (TPSA) is 30.0 Å². The van der Waals surface area contributed by atoms with E-state index in [1.807, 2.05) is 12.3 Å². The van der Waals surface area contributed by atoms with Crippen molar-refractivity contribution in [3.63, 3.8) is 0 Å². The lowest BCUT2D eigenvalue weighted by Gasteiger charge is -1.91. The number of carbonyl (C=O) groups excluding carboxylic acids is 1. The molecule has 0 aromatic carbocycles. The van der Waals surface area contributed by atoms with Crippen molar-refractivity contribution in [1.82, 2.24) is 4.98 Å². The van der Waals surface area contributed by atoms with Crippen molar-refractivity contribution >= 4 is 17.1 Å². The Morgan fingerprint density at radius 3 is 2.83 bits per heavy atom. The van der Waals surface area contributed by atoms with Crippen molar-refractivity contribution in [2.75, 3.05) is 0 Å². The van der Waals surface area contributed by atoms with Gasteiger partial charge in [-0.2, -0.15) is 0 Å². The molecule has 0 radical (unpaired) electrons. The van der Waals surface area contributed by atoms with Gasteiger partial charge in [-0.3, -0.25) is 4.79 Å². The lowest BCUT2D eigenvalue weighted by molar-refractivity contribution is -0.118. The molecule has 0 atom stereocenters.